The smallest absolute Gasteiger partial charge is 0.150 e. The normalized spacial score (nSPS) is 11.3. The first-order valence-electron chi connectivity index (χ1n) is 5.03. The summed E-state index contributed by atoms with van der Waals surface area (Å²) >= 11 is 2.08. The van der Waals surface area contributed by atoms with E-state index in [1.54, 1.807) is 18.6 Å². The summed E-state index contributed by atoms with van der Waals surface area (Å²) in [6, 6.07) is 5.07. The molecule has 0 aliphatic rings. The number of aromatic nitrogens is 1. The van der Waals surface area contributed by atoms with Crippen molar-refractivity contribution in [3.05, 3.63) is 33.8 Å². The predicted octanol–water partition coefficient (Wildman–Crippen LogP) is 3.20. The van der Waals surface area contributed by atoms with Gasteiger partial charge in [0.15, 0.2) is 5.82 Å². The van der Waals surface area contributed by atoms with Gasteiger partial charge in [-0.3, -0.25) is 4.98 Å². The molecule has 0 fully saturated rings. The van der Waals surface area contributed by atoms with Gasteiger partial charge < -0.3 is 4.90 Å². The molecule has 0 N–H and O–H groups in total. The number of benzene rings is 1. The minimum atomic E-state index is -0.311. The number of nitrogens with zero attached hydrogens (tertiary/aromatic N) is 3. The Morgan fingerprint density at radius 3 is 2.94 bits per heavy atom. The van der Waals surface area contributed by atoms with Gasteiger partial charge in [0.25, 0.3) is 0 Å². The van der Waals surface area contributed by atoms with Crippen molar-refractivity contribution in [3.63, 3.8) is 0 Å². The standard InChI is InChI=1S/C12H11FIN3/c1-17(2)7-16-12-8-4-3-5-15-11(8)9(13)6-10(12)14/h3-7H,1-2H3. The zero-order valence-electron chi connectivity index (χ0n) is 9.48. The van der Waals surface area contributed by atoms with Gasteiger partial charge in [-0.25, -0.2) is 9.38 Å². The highest BCUT2D eigenvalue weighted by molar-refractivity contribution is 14.1. The highest BCUT2D eigenvalue weighted by Crippen LogP contribution is 2.31. The zero-order valence-corrected chi connectivity index (χ0v) is 11.6. The number of rotatable bonds is 2. The number of hydrogen-bond acceptors (Lipinski definition) is 2. The van der Waals surface area contributed by atoms with E-state index < -0.39 is 0 Å². The number of halogens is 2. The molecule has 2 aromatic rings. The Bertz CT molecular complexity index is 581. The highest BCUT2D eigenvalue weighted by atomic mass is 127. The van der Waals surface area contributed by atoms with E-state index >= 15 is 0 Å². The van der Waals surface area contributed by atoms with E-state index in [2.05, 4.69) is 32.6 Å². The Hall–Kier alpha value is -1.24. The third kappa shape index (κ3) is 2.54. The van der Waals surface area contributed by atoms with Gasteiger partial charge in [-0.2, -0.15) is 0 Å². The van der Waals surface area contributed by atoms with Gasteiger partial charge in [-0.15, -0.1) is 0 Å². The molecular formula is C12H11FIN3. The number of pyridine rings is 1. The summed E-state index contributed by atoms with van der Waals surface area (Å²) in [4.78, 5) is 10.2. The molecule has 3 nitrogen and oxygen atoms in total. The molecule has 0 amide bonds. The number of hydrogen-bond donors (Lipinski definition) is 0. The molecule has 5 heteroatoms. The summed E-state index contributed by atoms with van der Waals surface area (Å²) in [6.07, 6.45) is 3.28. The summed E-state index contributed by atoms with van der Waals surface area (Å²) in [5.41, 5.74) is 1.11. The lowest BCUT2D eigenvalue weighted by atomic mass is 10.2. The van der Waals surface area contributed by atoms with Crippen molar-refractivity contribution in [2.75, 3.05) is 14.1 Å². The largest absolute Gasteiger partial charge is 0.369 e. The molecule has 1 aromatic heterocycles. The Balaban J connectivity index is 2.69. The van der Waals surface area contributed by atoms with Crippen LogP contribution in [0.3, 0.4) is 0 Å². The molecule has 0 bridgehead atoms. The van der Waals surface area contributed by atoms with Crippen LogP contribution in [0.2, 0.25) is 0 Å². The van der Waals surface area contributed by atoms with Crippen LogP contribution in [0.1, 0.15) is 0 Å². The van der Waals surface area contributed by atoms with E-state index in [1.807, 2.05) is 25.1 Å². The molecule has 17 heavy (non-hydrogen) atoms. The lowest BCUT2D eigenvalue weighted by Gasteiger charge is -2.07. The second-order valence-corrected chi connectivity index (χ2v) is 4.96. The predicted molar refractivity (Wildman–Crippen MR) is 76.3 cm³/mol. The third-order valence-corrected chi connectivity index (χ3v) is 3.01. The first-order valence-corrected chi connectivity index (χ1v) is 6.11. The van der Waals surface area contributed by atoms with Crippen molar-refractivity contribution in [2.24, 2.45) is 4.99 Å². The summed E-state index contributed by atoms with van der Waals surface area (Å²) < 4.78 is 14.5. The summed E-state index contributed by atoms with van der Waals surface area (Å²) in [6.45, 7) is 0. The maximum absolute atomic E-state index is 13.7. The average Bonchev–Trinajstić information content (AvgIpc) is 2.28. The van der Waals surface area contributed by atoms with Crippen LogP contribution in [0.15, 0.2) is 29.4 Å². The molecule has 0 saturated heterocycles. The second-order valence-electron chi connectivity index (χ2n) is 3.80. The van der Waals surface area contributed by atoms with Gasteiger partial charge in [-0.05, 0) is 40.8 Å². The maximum Gasteiger partial charge on any atom is 0.150 e. The monoisotopic (exact) mass is 343 g/mol. The van der Waals surface area contributed by atoms with Gasteiger partial charge in [0, 0.05) is 29.2 Å². The molecule has 0 aliphatic carbocycles. The van der Waals surface area contributed by atoms with Crippen LogP contribution in [0.25, 0.3) is 10.9 Å². The van der Waals surface area contributed by atoms with Crippen LogP contribution < -0.4 is 0 Å². The fraction of sp³-hybridized carbons (Fsp3) is 0.167. The molecule has 0 unspecified atom stereocenters. The van der Waals surface area contributed by atoms with Crippen molar-refractivity contribution in [2.45, 2.75) is 0 Å². The van der Waals surface area contributed by atoms with E-state index in [0.29, 0.717) is 5.52 Å². The van der Waals surface area contributed by atoms with E-state index in [-0.39, 0.29) is 5.82 Å². The molecule has 2 rings (SSSR count). The molecular weight excluding hydrogens is 332 g/mol. The minimum absolute atomic E-state index is 0.311. The number of fused-ring (bicyclic) bond motifs is 1. The minimum Gasteiger partial charge on any atom is -0.369 e. The lowest BCUT2D eigenvalue weighted by molar-refractivity contribution is 0.635. The highest BCUT2D eigenvalue weighted by Gasteiger charge is 2.10. The van der Waals surface area contributed by atoms with Crippen LogP contribution in [0, 0.1) is 9.39 Å². The molecule has 1 aromatic carbocycles. The van der Waals surface area contributed by atoms with E-state index in [4.69, 9.17) is 0 Å². The molecule has 0 atom stereocenters. The lowest BCUT2D eigenvalue weighted by Crippen LogP contribution is -2.07. The zero-order chi connectivity index (χ0) is 12.4. The van der Waals surface area contributed by atoms with Gasteiger partial charge in [-0.1, -0.05) is 0 Å². The van der Waals surface area contributed by atoms with Crippen molar-refractivity contribution >= 4 is 45.5 Å². The number of aliphatic imine (C=N–C) groups is 1. The molecule has 0 aliphatic heterocycles. The van der Waals surface area contributed by atoms with Crippen molar-refractivity contribution in [3.8, 4) is 0 Å². The maximum atomic E-state index is 13.7. The fourth-order valence-electron chi connectivity index (χ4n) is 1.47. The first kappa shape index (κ1) is 12.2. The van der Waals surface area contributed by atoms with Crippen LogP contribution in [-0.4, -0.2) is 30.3 Å². The molecule has 0 spiro atoms. The Kier molecular flexibility index (Phi) is 3.56. The van der Waals surface area contributed by atoms with Gasteiger partial charge in [0.05, 0.1) is 12.0 Å². The topological polar surface area (TPSA) is 28.5 Å². The third-order valence-electron chi connectivity index (χ3n) is 2.19. The van der Waals surface area contributed by atoms with E-state index in [1.165, 1.54) is 6.07 Å². The molecule has 1 heterocycles. The summed E-state index contributed by atoms with van der Waals surface area (Å²) in [5.74, 6) is -0.311. The first-order chi connectivity index (χ1) is 8.09. The van der Waals surface area contributed by atoms with Crippen molar-refractivity contribution in [1.29, 1.82) is 0 Å². The van der Waals surface area contributed by atoms with Crippen molar-refractivity contribution < 1.29 is 4.39 Å². The van der Waals surface area contributed by atoms with Crippen LogP contribution in [-0.2, 0) is 0 Å². The van der Waals surface area contributed by atoms with Gasteiger partial charge >= 0.3 is 0 Å². The summed E-state index contributed by atoms with van der Waals surface area (Å²) in [5, 5.41) is 0.731. The van der Waals surface area contributed by atoms with Gasteiger partial charge in [0.2, 0.25) is 0 Å². The molecule has 0 radical (unpaired) electrons. The molecule has 0 saturated carbocycles. The quantitative estimate of drug-likeness (QED) is 0.476. The average molecular weight is 343 g/mol. The van der Waals surface area contributed by atoms with E-state index in [0.717, 1.165) is 14.6 Å². The van der Waals surface area contributed by atoms with Crippen molar-refractivity contribution in [1.82, 2.24) is 9.88 Å². The van der Waals surface area contributed by atoms with E-state index in [9.17, 15) is 4.39 Å². The van der Waals surface area contributed by atoms with Gasteiger partial charge in [0.1, 0.15) is 5.52 Å². The second kappa shape index (κ2) is 4.95. The Morgan fingerprint density at radius 1 is 1.47 bits per heavy atom. The Labute approximate surface area is 113 Å². The van der Waals surface area contributed by atoms with Crippen LogP contribution >= 0.6 is 22.6 Å². The fourth-order valence-corrected chi connectivity index (χ4v) is 2.17. The SMILES string of the molecule is CN(C)C=Nc1c(I)cc(F)c2ncccc12. The van der Waals surface area contributed by atoms with Crippen LogP contribution in [0.5, 0.6) is 0 Å². The van der Waals surface area contributed by atoms with Crippen LogP contribution in [0.4, 0.5) is 10.1 Å². The Morgan fingerprint density at radius 2 is 2.24 bits per heavy atom. The summed E-state index contributed by atoms with van der Waals surface area (Å²) in [7, 11) is 3.78. The molecule has 88 valence electrons.